The molecular formula is C11H23N3O5S. The van der Waals surface area contributed by atoms with Crippen LogP contribution in [0.15, 0.2) is 0 Å². The average Bonchev–Trinajstić information content (AvgIpc) is 2.40. The molecule has 9 heteroatoms. The quantitative estimate of drug-likeness (QED) is 0.594. The Labute approximate surface area is 119 Å². The first kappa shape index (κ1) is 17.2. The van der Waals surface area contributed by atoms with E-state index in [4.69, 9.17) is 15.0 Å². The summed E-state index contributed by atoms with van der Waals surface area (Å²) < 4.78 is 28.5. The number of nitrogens with one attached hydrogen (secondary N) is 2. The van der Waals surface area contributed by atoms with Crippen molar-refractivity contribution in [3.05, 3.63) is 0 Å². The average molecular weight is 309 g/mol. The molecule has 0 amide bonds. The summed E-state index contributed by atoms with van der Waals surface area (Å²) in [4.78, 5) is 8.56. The van der Waals surface area contributed by atoms with Crippen LogP contribution in [0.25, 0.3) is 0 Å². The molecule has 118 valence electrons. The molecule has 4 N–H and O–H groups in total. The third-order valence-corrected chi connectivity index (χ3v) is 5.01. The molecule has 0 unspecified atom stereocenters. The molecule has 1 aliphatic carbocycles. The molecule has 1 heterocycles. The molecule has 0 aromatic rings. The zero-order chi connectivity index (χ0) is 15.0. The van der Waals surface area contributed by atoms with Gasteiger partial charge < -0.3 is 15.5 Å². The number of hydrogen-bond donors (Lipinski definition) is 4. The van der Waals surface area contributed by atoms with Crippen LogP contribution in [0.4, 0.5) is 4.79 Å². The molecule has 1 aliphatic heterocycles. The molecule has 2 rings (SSSR count). The van der Waals surface area contributed by atoms with Crippen molar-refractivity contribution in [1.29, 1.82) is 0 Å². The Kier molecular flexibility index (Phi) is 7.20. The minimum Gasteiger partial charge on any atom is -0.450 e. The van der Waals surface area contributed by atoms with E-state index >= 15 is 0 Å². The minimum atomic E-state index is -3.24. The highest BCUT2D eigenvalue weighted by atomic mass is 32.2. The summed E-state index contributed by atoms with van der Waals surface area (Å²) in [5.74, 6) is 0. The Morgan fingerprint density at radius 1 is 1.10 bits per heavy atom. The lowest BCUT2D eigenvalue weighted by atomic mass is 9.96. The van der Waals surface area contributed by atoms with Gasteiger partial charge in [-0.1, -0.05) is 19.3 Å². The van der Waals surface area contributed by atoms with Gasteiger partial charge in [0.2, 0.25) is 0 Å². The van der Waals surface area contributed by atoms with Crippen LogP contribution in [-0.2, 0) is 10.2 Å². The molecule has 0 bridgehead atoms. The van der Waals surface area contributed by atoms with Gasteiger partial charge in [-0.05, 0) is 12.8 Å². The Morgan fingerprint density at radius 3 is 2.10 bits per heavy atom. The highest BCUT2D eigenvalue weighted by molar-refractivity contribution is 7.87. The van der Waals surface area contributed by atoms with Crippen molar-refractivity contribution in [3.63, 3.8) is 0 Å². The fourth-order valence-electron chi connectivity index (χ4n) is 2.39. The fraction of sp³-hybridized carbons (Fsp3) is 0.909. The number of rotatable bonds is 3. The largest absolute Gasteiger partial charge is 0.503 e. The van der Waals surface area contributed by atoms with E-state index in [1.165, 1.54) is 6.42 Å². The maximum Gasteiger partial charge on any atom is 0.503 e. The van der Waals surface area contributed by atoms with Gasteiger partial charge in [0.25, 0.3) is 10.2 Å². The van der Waals surface area contributed by atoms with E-state index in [1.807, 2.05) is 0 Å². The number of piperazine rings is 1. The maximum absolute atomic E-state index is 12.0. The van der Waals surface area contributed by atoms with Gasteiger partial charge in [-0.15, -0.1) is 0 Å². The van der Waals surface area contributed by atoms with Crippen LogP contribution < -0.4 is 10.0 Å². The topological polar surface area (TPSA) is 119 Å². The van der Waals surface area contributed by atoms with Crippen molar-refractivity contribution in [2.45, 2.75) is 38.1 Å². The molecule has 1 saturated carbocycles. The molecule has 2 fully saturated rings. The Bertz CT molecular complexity index is 385. The lowest BCUT2D eigenvalue weighted by molar-refractivity contribution is 0.137. The van der Waals surface area contributed by atoms with Crippen LogP contribution in [0, 0.1) is 0 Å². The molecule has 0 atom stereocenters. The summed E-state index contributed by atoms with van der Waals surface area (Å²) in [6, 6.07) is 0.161. The fourth-order valence-corrected chi connectivity index (χ4v) is 3.86. The Morgan fingerprint density at radius 2 is 1.60 bits per heavy atom. The van der Waals surface area contributed by atoms with Crippen LogP contribution >= 0.6 is 0 Å². The molecule has 0 aromatic heterocycles. The van der Waals surface area contributed by atoms with Crippen LogP contribution in [-0.4, -0.2) is 61.3 Å². The molecule has 0 aromatic carbocycles. The highest BCUT2D eigenvalue weighted by Crippen LogP contribution is 2.18. The number of hydrogen-bond acceptors (Lipinski definition) is 4. The summed E-state index contributed by atoms with van der Waals surface area (Å²) in [7, 11) is -3.24. The van der Waals surface area contributed by atoms with Crippen molar-refractivity contribution in [2.24, 2.45) is 0 Å². The summed E-state index contributed by atoms with van der Waals surface area (Å²) in [6.45, 7) is 2.68. The van der Waals surface area contributed by atoms with Crippen LogP contribution in [0.1, 0.15) is 32.1 Å². The lowest BCUT2D eigenvalue weighted by Crippen LogP contribution is -2.52. The summed E-state index contributed by atoms with van der Waals surface area (Å²) in [5, 5.41) is 17.1. The van der Waals surface area contributed by atoms with Crippen molar-refractivity contribution in [1.82, 2.24) is 14.3 Å². The highest BCUT2D eigenvalue weighted by Gasteiger charge is 2.27. The van der Waals surface area contributed by atoms with Gasteiger partial charge >= 0.3 is 6.16 Å². The van der Waals surface area contributed by atoms with Crippen molar-refractivity contribution in [3.8, 4) is 0 Å². The molecular weight excluding hydrogens is 286 g/mol. The normalized spacial score (nSPS) is 21.8. The minimum absolute atomic E-state index is 0.161. The lowest BCUT2D eigenvalue weighted by Gasteiger charge is -2.30. The number of carboxylic acid groups (broad SMARTS) is 2. The molecule has 0 radical (unpaired) electrons. The van der Waals surface area contributed by atoms with Crippen LogP contribution in [0.2, 0.25) is 0 Å². The predicted octanol–water partition coefficient (Wildman–Crippen LogP) is 0.281. The van der Waals surface area contributed by atoms with Gasteiger partial charge in [0.15, 0.2) is 0 Å². The molecule has 20 heavy (non-hydrogen) atoms. The molecule has 8 nitrogen and oxygen atoms in total. The third-order valence-electron chi connectivity index (χ3n) is 3.34. The second kappa shape index (κ2) is 8.40. The third kappa shape index (κ3) is 6.51. The van der Waals surface area contributed by atoms with Gasteiger partial charge in [0, 0.05) is 32.2 Å². The SMILES string of the molecule is O=C(O)O.O=S(=O)(NC1CCCCC1)N1CCNCC1. The molecule has 2 aliphatic rings. The maximum atomic E-state index is 12.0. The second-order valence-electron chi connectivity index (χ2n) is 4.89. The van der Waals surface area contributed by atoms with Gasteiger partial charge in [0.1, 0.15) is 0 Å². The van der Waals surface area contributed by atoms with Gasteiger partial charge in [-0.25, -0.2) is 4.79 Å². The zero-order valence-corrected chi connectivity index (χ0v) is 12.2. The zero-order valence-electron chi connectivity index (χ0n) is 11.4. The first-order valence-corrected chi connectivity index (χ1v) is 8.26. The van der Waals surface area contributed by atoms with Crippen molar-refractivity contribution in [2.75, 3.05) is 26.2 Å². The predicted molar refractivity (Wildman–Crippen MR) is 74.0 cm³/mol. The van der Waals surface area contributed by atoms with E-state index in [9.17, 15) is 8.42 Å². The van der Waals surface area contributed by atoms with Crippen LogP contribution in [0.5, 0.6) is 0 Å². The van der Waals surface area contributed by atoms with E-state index in [2.05, 4.69) is 10.0 Å². The summed E-state index contributed by atoms with van der Waals surface area (Å²) >= 11 is 0. The van der Waals surface area contributed by atoms with E-state index in [1.54, 1.807) is 4.31 Å². The van der Waals surface area contributed by atoms with Crippen molar-refractivity contribution >= 4 is 16.4 Å². The van der Waals surface area contributed by atoms with E-state index in [0.29, 0.717) is 13.1 Å². The summed E-state index contributed by atoms with van der Waals surface area (Å²) in [6.07, 6.45) is 3.69. The van der Waals surface area contributed by atoms with E-state index in [-0.39, 0.29) is 6.04 Å². The van der Waals surface area contributed by atoms with Gasteiger partial charge in [0.05, 0.1) is 0 Å². The number of carbonyl (C=O) groups is 1. The molecule has 0 spiro atoms. The first-order chi connectivity index (χ1) is 9.42. The summed E-state index contributed by atoms with van der Waals surface area (Å²) in [5.41, 5.74) is 0. The Balaban J connectivity index is 0.000000444. The monoisotopic (exact) mass is 309 g/mol. The van der Waals surface area contributed by atoms with E-state index in [0.717, 1.165) is 38.8 Å². The second-order valence-corrected chi connectivity index (χ2v) is 6.59. The van der Waals surface area contributed by atoms with Crippen LogP contribution in [0.3, 0.4) is 0 Å². The van der Waals surface area contributed by atoms with Gasteiger partial charge in [-0.2, -0.15) is 17.4 Å². The Hall–Kier alpha value is -0.900. The number of nitrogens with zero attached hydrogens (tertiary/aromatic N) is 1. The standard InChI is InChI=1S/C10H21N3O2S.CH2O3/c14-16(15,13-8-6-11-7-9-13)12-10-4-2-1-3-5-10;2-1(3)4/h10-12H,1-9H2;(H2,2,3,4). The molecule has 1 saturated heterocycles. The van der Waals surface area contributed by atoms with E-state index < -0.39 is 16.4 Å². The smallest absolute Gasteiger partial charge is 0.450 e. The van der Waals surface area contributed by atoms with Gasteiger partial charge in [-0.3, -0.25) is 0 Å². The van der Waals surface area contributed by atoms with Crippen molar-refractivity contribution < 1.29 is 23.4 Å². The first-order valence-electron chi connectivity index (χ1n) is 6.82.